The van der Waals surface area contributed by atoms with Crippen molar-refractivity contribution in [3.8, 4) is 0 Å². The Hall–Kier alpha value is -1.42. The molecule has 0 unspecified atom stereocenters. The number of benzene rings is 1. The van der Waals surface area contributed by atoms with Gasteiger partial charge in [0.2, 0.25) is 0 Å². The summed E-state index contributed by atoms with van der Waals surface area (Å²) in [5, 5.41) is 0. The zero-order valence-corrected chi connectivity index (χ0v) is 10.8. The van der Waals surface area contributed by atoms with Crippen molar-refractivity contribution in [2.75, 3.05) is 6.54 Å². The van der Waals surface area contributed by atoms with E-state index in [0.29, 0.717) is 6.54 Å². The molecule has 0 saturated carbocycles. The van der Waals surface area contributed by atoms with Gasteiger partial charge in [0.05, 0.1) is 11.0 Å². The molecule has 3 nitrogen and oxygen atoms in total. The Morgan fingerprint density at radius 2 is 2.17 bits per heavy atom. The quantitative estimate of drug-likeness (QED) is 0.800. The van der Waals surface area contributed by atoms with Crippen molar-refractivity contribution in [3.05, 3.63) is 29.8 Å². The number of rotatable bonds is 6. The van der Waals surface area contributed by atoms with E-state index in [1.165, 1.54) is 25.0 Å². The van der Waals surface area contributed by atoms with Crippen molar-refractivity contribution < 1.29 is 4.39 Å². The highest BCUT2D eigenvalue weighted by Crippen LogP contribution is 2.19. The molecule has 1 aromatic carbocycles. The molecule has 0 radical (unpaired) electrons. The molecule has 1 heterocycles. The van der Waals surface area contributed by atoms with Gasteiger partial charge in [-0.1, -0.05) is 19.8 Å². The van der Waals surface area contributed by atoms with E-state index < -0.39 is 0 Å². The largest absolute Gasteiger partial charge is 0.330 e. The van der Waals surface area contributed by atoms with Crippen molar-refractivity contribution >= 4 is 11.0 Å². The van der Waals surface area contributed by atoms with Crippen LogP contribution in [0.25, 0.3) is 11.0 Å². The lowest BCUT2D eigenvalue weighted by atomic mass is 10.2. The third-order valence-electron chi connectivity index (χ3n) is 3.14. The number of halogens is 1. The van der Waals surface area contributed by atoms with Crippen LogP contribution in [0.3, 0.4) is 0 Å². The standard InChI is InChI=1S/C14H20FN3/c1-2-3-4-9-18-13-6-5-11(15)10-12(13)17-14(18)7-8-16/h5-6,10H,2-4,7-9,16H2,1H3. The monoisotopic (exact) mass is 249 g/mol. The normalized spacial score (nSPS) is 11.3. The summed E-state index contributed by atoms with van der Waals surface area (Å²) >= 11 is 0. The summed E-state index contributed by atoms with van der Waals surface area (Å²) in [4.78, 5) is 4.48. The lowest BCUT2D eigenvalue weighted by Crippen LogP contribution is -2.10. The summed E-state index contributed by atoms with van der Waals surface area (Å²) in [5.41, 5.74) is 7.35. The highest BCUT2D eigenvalue weighted by atomic mass is 19.1. The third kappa shape index (κ3) is 2.70. The molecule has 0 atom stereocenters. The molecule has 0 aliphatic carbocycles. The van der Waals surface area contributed by atoms with E-state index in [-0.39, 0.29) is 5.82 Å². The fraction of sp³-hybridized carbons (Fsp3) is 0.500. The van der Waals surface area contributed by atoms with E-state index >= 15 is 0 Å². The third-order valence-corrected chi connectivity index (χ3v) is 3.14. The molecule has 2 rings (SSSR count). The fourth-order valence-electron chi connectivity index (χ4n) is 2.24. The van der Waals surface area contributed by atoms with Crippen LogP contribution in [0.2, 0.25) is 0 Å². The van der Waals surface area contributed by atoms with E-state index in [4.69, 9.17) is 5.73 Å². The first-order valence-electron chi connectivity index (χ1n) is 6.61. The molecule has 18 heavy (non-hydrogen) atoms. The van der Waals surface area contributed by atoms with Gasteiger partial charge in [0.15, 0.2) is 0 Å². The minimum atomic E-state index is -0.236. The first-order chi connectivity index (χ1) is 8.76. The van der Waals surface area contributed by atoms with Crippen LogP contribution in [0.4, 0.5) is 4.39 Å². The summed E-state index contributed by atoms with van der Waals surface area (Å²) in [6, 6.07) is 4.79. The molecule has 0 saturated heterocycles. The molecule has 0 aliphatic heterocycles. The number of imidazole rings is 1. The molecular formula is C14H20FN3. The molecule has 1 aromatic heterocycles. The number of unbranched alkanes of at least 4 members (excludes halogenated alkanes) is 2. The van der Waals surface area contributed by atoms with Gasteiger partial charge in [-0.2, -0.15) is 0 Å². The van der Waals surface area contributed by atoms with Crippen LogP contribution in [-0.4, -0.2) is 16.1 Å². The summed E-state index contributed by atoms with van der Waals surface area (Å²) in [5.74, 6) is 0.731. The second-order valence-electron chi connectivity index (χ2n) is 4.56. The summed E-state index contributed by atoms with van der Waals surface area (Å²) < 4.78 is 15.4. The molecule has 0 spiro atoms. The van der Waals surface area contributed by atoms with Crippen LogP contribution in [0.1, 0.15) is 32.0 Å². The van der Waals surface area contributed by atoms with Crippen molar-refractivity contribution in [1.29, 1.82) is 0 Å². The van der Waals surface area contributed by atoms with Gasteiger partial charge in [-0.3, -0.25) is 0 Å². The Labute approximate surface area is 107 Å². The van der Waals surface area contributed by atoms with Crippen molar-refractivity contribution in [1.82, 2.24) is 9.55 Å². The maximum Gasteiger partial charge on any atom is 0.125 e. The molecule has 0 aliphatic rings. The fourth-order valence-corrected chi connectivity index (χ4v) is 2.24. The Kier molecular flexibility index (Phi) is 4.31. The summed E-state index contributed by atoms with van der Waals surface area (Å²) in [6.45, 7) is 3.69. The van der Waals surface area contributed by atoms with Crippen LogP contribution in [0, 0.1) is 5.82 Å². The number of nitrogens with two attached hydrogens (primary N) is 1. The minimum absolute atomic E-state index is 0.236. The molecule has 0 amide bonds. The number of aromatic nitrogens is 2. The van der Waals surface area contributed by atoms with Gasteiger partial charge in [0.1, 0.15) is 11.6 Å². The Bertz CT molecular complexity index is 519. The molecule has 98 valence electrons. The van der Waals surface area contributed by atoms with Crippen LogP contribution >= 0.6 is 0 Å². The van der Waals surface area contributed by atoms with Gasteiger partial charge >= 0.3 is 0 Å². The van der Waals surface area contributed by atoms with E-state index in [2.05, 4.69) is 16.5 Å². The Morgan fingerprint density at radius 1 is 1.33 bits per heavy atom. The first kappa shape index (κ1) is 13.0. The van der Waals surface area contributed by atoms with Crippen molar-refractivity contribution in [2.45, 2.75) is 39.2 Å². The molecular weight excluding hydrogens is 229 g/mol. The molecule has 0 bridgehead atoms. The number of fused-ring (bicyclic) bond motifs is 1. The lowest BCUT2D eigenvalue weighted by molar-refractivity contribution is 0.590. The Morgan fingerprint density at radius 3 is 2.89 bits per heavy atom. The molecule has 2 N–H and O–H groups in total. The highest BCUT2D eigenvalue weighted by molar-refractivity contribution is 5.76. The zero-order chi connectivity index (χ0) is 13.0. The number of nitrogens with zero attached hydrogens (tertiary/aromatic N) is 2. The maximum absolute atomic E-state index is 13.2. The summed E-state index contributed by atoms with van der Waals surface area (Å²) in [7, 11) is 0. The van der Waals surface area contributed by atoms with E-state index in [9.17, 15) is 4.39 Å². The van der Waals surface area contributed by atoms with E-state index in [1.54, 1.807) is 0 Å². The number of hydrogen-bond acceptors (Lipinski definition) is 2. The van der Waals surface area contributed by atoms with Gasteiger partial charge < -0.3 is 10.3 Å². The average molecular weight is 249 g/mol. The van der Waals surface area contributed by atoms with Gasteiger partial charge in [-0.05, 0) is 25.1 Å². The van der Waals surface area contributed by atoms with Crippen molar-refractivity contribution in [2.24, 2.45) is 5.73 Å². The average Bonchev–Trinajstić information content (AvgIpc) is 2.67. The molecule has 2 aromatic rings. The van der Waals surface area contributed by atoms with Crippen LogP contribution < -0.4 is 5.73 Å². The van der Waals surface area contributed by atoms with Crippen LogP contribution in [-0.2, 0) is 13.0 Å². The highest BCUT2D eigenvalue weighted by Gasteiger charge is 2.10. The zero-order valence-electron chi connectivity index (χ0n) is 10.8. The van der Waals surface area contributed by atoms with E-state index in [0.717, 1.165) is 36.2 Å². The molecule has 4 heteroatoms. The smallest absolute Gasteiger partial charge is 0.125 e. The molecule has 0 fully saturated rings. The lowest BCUT2D eigenvalue weighted by Gasteiger charge is -2.08. The second-order valence-corrected chi connectivity index (χ2v) is 4.56. The maximum atomic E-state index is 13.2. The van der Waals surface area contributed by atoms with E-state index in [1.807, 2.05) is 6.07 Å². The number of aryl methyl sites for hydroxylation is 1. The Balaban J connectivity index is 2.35. The van der Waals surface area contributed by atoms with Gasteiger partial charge in [0, 0.05) is 19.0 Å². The second kappa shape index (κ2) is 5.96. The SMILES string of the molecule is CCCCCn1c(CCN)nc2cc(F)ccc21. The van der Waals surface area contributed by atoms with Gasteiger partial charge in [0.25, 0.3) is 0 Å². The van der Waals surface area contributed by atoms with Gasteiger partial charge in [-0.25, -0.2) is 9.37 Å². The predicted octanol–water partition coefficient (Wildman–Crippen LogP) is 2.87. The summed E-state index contributed by atoms with van der Waals surface area (Å²) in [6.07, 6.45) is 4.25. The minimum Gasteiger partial charge on any atom is -0.330 e. The topological polar surface area (TPSA) is 43.8 Å². The van der Waals surface area contributed by atoms with Gasteiger partial charge in [-0.15, -0.1) is 0 Å². The number of hydrogen-bond donors (Lipinski definition) is 1. The predicted molar refractivity (Wildman–Crippen MR) is 72.0 cm³/mol. The van der Waals surface area contributed by atoms with Crippen LogP contribution in [0.5, 0.6) is 0 Å². The van der Waals surface area contributed by atoms with Crippen molar-refractivity contribution in [3.63, 3.8) is 0 Å². The van der Waals surface area contributed by atoms with Crippen LogP contribution in [0.15, 0.2) is 18.2 Å². The first-order valence-corrected chi connectivity index (χ1v) is 6.61.